The highest BCUT2D eigenvalue weighted by Gasteiger charge is 2.57. The fourth-order valence-corrected chi connectivity index (χ4v) is 7.07. The van der Waals surface area contributed by atoms with Gasteiger partial charge in [0, 0.05) is 0 Å². The van der Waals surface area contributed by atoms with Gasteiger partial charge in [-0.3, -0.25) is 0 Å². The van der Waals surface area contributed by atoms with Crippen LogP contribution in [0.1, 0.15) is 56.1 Å². The van der Waals surface area contributed by atoms with Crippen molar-refractivity contribution in [3.8, 4) is 5.75 Å². The summed E-state index contributed by atoms with van der Waals surface area (Å²) < 4.78 is 11.5. The highest BCUT2D eigenvalue weighted by Crippen LogP contribution is 2.61. The molecule has 0 unspecified atom stereocenters. The molecular weight excluding hydrogens is 416 g/mol. The molecule has 0 bridgehead atoms. The smallest absolute Gasteiger partial charge is 0.335 e. The number of carboxylic acid groups (broad SMARTS) is 1. The number of hydrogen-bond donors (Lipinski definition) is 5. The number of ether oxygens (including phenoxy) is 2. The van der Waals surface area contributed by atoms with E-state index >= 15 is 0 Å². The molecule has 0 aromatic heterocycles. The predicted octanol–water partition coefficient (Wildman–Crippen LogP) is 1.53. The van der Waals surface area contributed by atoms with Crippen molar-refractivity contribution in [2.45, 2.75) is 88.2 Å². The molecule has 3 aliphatic carbocycles. The predicted molar refractivity (Wildman–Crippen MR) is 112 cm³/mol. The first-order valence-corrected chi connectivity index (χ1v) is 11.6. The van der Waals surface area contributed by atoms with Crippen molar-refractivity contribution in [1.82, 2.24) is 0 Å². The van der Waals surface area contributed by atoms with Crippen LogP contribution in [0.15, 0.2) is 18.2 Å². The summed E-state index contributed by atoms with van der Waals surface area (Å²) in [4.78, 5) is 11.4. The Morgan fingerprint density at radius 2 is 1.88 bits per heavy atom. The Labute approximate surface area is 186 Å². The number of benzene rings is 1. The number of phenols is 1. The minimum absolute atomic E-state index is 0.140. The standard InChI is InChI=1S/C24H32O8/c1-24-9-8-14-13-5-3-12(25)10-11(13)2-4-15(14)16(24)6-7-17(24)31-23-20(28)18(26)19(27)21(32-23)22(29)30/h3,5,10,14-21,23,25-28H,2,4,6-9H2,1H3,(H,29,30)/t14-,15+,16+,17+,18+,19+,20-,21+,23-,24+/m1/s1. The van der Waals surface area contributed by atoms with E-state index in [0.29, 0.717) is 23.5 Å². The molecule has 0 radical (unpaired) electrons. The molecular formula is C24H32O8. The van der Waals surface area contributed by atoms with Gasteiger partial charge < -0.3 is 35.0 Å². The Balaban J connectivity index is 1.34. The van der Waals surface area contributed by atoms with Crippen molar-refractivity contribution in [2.24, 2.45) is 17.3 Å². The Kier molecular flexibility index (Phi) is 5.49. The number of carboxylic acids is 1. The van der Waals surface area contributed by atoms with Crippen LogP contribution in [0.5, 0.6) is 5.75 Å². The van der Waals surface area contributed by atoms with Crippen LogP contribution in [0.4, 0.5) is 0 Å². The van der Waals surface area contributed by atoms with Crippen LogP contribution in [0.3, 0.4) is 0 Å². The maximum atomic E-state index is 11.4. The molecule has 32 heavy (non-hydrogen) atoms. The number of aliphatic hydroxyl groups excluding tert-OH is 3. The van der Waals surface area contributed by atoms with E-state index in [4.69, 9.17) is 9.47 Å². The Morgan fingerprint density at radius 3 is 2.62 bits per heavy atom. The van der Waals surface area contributed by atoms with E-state index in [0.717, 1.165) is 38.5 Å². The average Bonchev–Trinajstić information content (AvgIpc) is 3.09. The topological polar surface area (TPSA) is 137 Å². The molecule has 8 nitrogen and oxygen atoms in total. The summed E-state index contributed by atoms with van der Waals surface area (Å²) in [7, 11) is 0. The van der Waals surface area contributed by atoms with Crippen molar-refractivity contribution >= 4 is 5.97 Å². The lowest BCUT2D eigenvalue weighted by molar-refractivity contribution is -0.312. The van der Waals surface area contributed by atoms with Crippen molar-refractivity contribution in [3.63, 3.8) is 0 Å². The molecule has 5 N–H and O–H groups in total. The summed E-state index contributed by atoms with van der Waals surface area (Å²) in [6.07, 6.45) is -2.38. The van der Waals surface area contributed by atoms with Gasteiger partial charge in [-0.25, -0.2) is 4.79 Å². The fraction of sp³-hybridized carbons (Fsp3) is 0.708. The summed E-state index contributed by atoms with van der Waals surface area (Å²) >= 11 is 0. The van der Waals surface area contributed by atoms with Gasteiger partial charge in [-0.2, -0.15) is 0 Å². The minimum atomic E-state index is -1.72. The lowest BCUT2D eigenvalue weighted by Crippen LogP contribution is -2.61. The van der Waals surface area contributed by atoms with E-state index in [-0.39, 0.29) is 11.5 Å². The van der Waals surface area contributed by atoms with Gasteiger partial charge in [0.15, 0.2) is 12.4 Å². The molecule has 0 spiro atoms. The molecule has 5 rings (SSSR count). The second-order valence-electron chi connectivity index (χ2n) is 10.3. The van der Waals surface area contributed by atoms with Crippen molar-refractivity contribution < 1.29 is 39.8 Å². The van der Waals surface area contributed by atoms with Crippen LogP contribution < -0.4 is 0 Å². The van der Waals surface area contributed by atoms with E-state index in [1.165, 1.54) is 11.1 Å². The molecule has 8 heteroatoms. The first kappa shape index (κ1) is 22.1. The molecule has 10 atom stereocenters. The molecule has 176 valence electrons. The van der Waals surface area contributed by atoms with E-state index in [2.05, 4.69) is 13.0 Å². The highest BCUT2D eigenvalue weighted by molar-refractivity contribution is 5.73. The van der Waals surface area contributed by atoms with Crippen LogP contribution in [0.25, 0.3) is 0 Å². The molecule has 1 aromatic carbocycles. The molecule has 2 saturated carbocycles. The van der Waals surface area contributed by atoms with Crippen LogP contribution in [-0.2, 0) is 20.7 Å². The second kappa shape index (κ2) is 7.95. The number of aliphatic hydroxyl groups is 3. The van der Waals surface area contributed by atoms with Crippen molar-refractivity contribution in [3.05, 3.63) is 29.3 Å². The molecule has 1 aliphatic heterocycles. The zero-order valence-corrected chi connectivity index (χ0v) is 18.1. The molecule has 3 fully saturated rings. The number of carbonyl (C=O) groups is 1. The summed E-state index contributed by atoms with van der Waals surface area (Å²) in [6, 6.07) is 5.73. The number of hydrogen-bond acceptors (Lipinski definition) is 7. The summed E-state index contributed by atoms with van der Waals surface area (Å²) in [5.41, 5.74) is 2.45. The maximum absolute atomic E-state index is 11.4. The monoisotopic (exact) mass is 448 g/mol. The molecule has 1 heterocycles. The molecule has 1 aromatic rings. The average molecular weight is 449 g/mol. The zero-order chi connectivity index (χ0) is 22.8. The van der Waals surface area contributed by atoms with Crippen LogP contribution >= 0.6 is 0 Å². The largest absolute Gasteiger partial charge is 0.508 e. The SMILES string of the molecule is C[C@]12CC[C@@H]3c4ccc(O)cc4CC[C@@H]3[C@@H]1CC[C@@H]2O[C@@H]1O[C@H](C(=O)O)[C@@H](O)[C@H](O)[C@H]1O. The third kappa shape index (κ3) is 3.35. The summed E-state index contributed by atoms with van der Waals surface area (Å²) in [5, 5.41) is 49.6. The maximum Gasteiger partial charge on any atom is 0.335 e. The zero-order valence-electron chi connectivity index (χ0n) is 18.1. The number of aliphatic carboxylic acids is 1. The number of phenolic OH excluding ortho intramolecular Hbond substituents is 1. The minimum Gasteiger partial charge on any atom is -0.508 e. The number of rotatable bonds is 3. The van der Waals surface area contributed by atoms with Crippen molar-refractivity contribution in [1.29, 1.82) is 0 Å². The Bertz CT molecular complexity index is 889. The van der Waals surface area contributed by atoms with Gasteiger partial charge in [-0.1, -0.05) is 13.0 Å². The lowest BCUT2D eigenvalue weighted by atomic mass is 9.55. The van der Waals surface area contributed by atoms with Gasteiger partial charge in [0.25, 0.3) is 0 Å². The highest BCUT2D eigenvalue weighted by atomic mass is 16.7. The summed E-state index contributed by atoms with van der Waals surface area (Å²) in [6.45, 7) is 2.22. The van der Waals surface area contributed by atoms with E-state index in [1.54, 1.807) is 6.07 Å². The van der Waals surface area contributed by atoms with E-state index in [9.17, 15) is 30.3 Å². The third-order valence-corrected chi connectivity index (χ3v) is 8.73. The summed E-state index contributed by atoms with van der Waals surface area (Å²) in [5.74, 6) is 0.312. The molecule has 1 saturated heterocycles. The Morgan fingerprint density at radius 1 is 1.09 bits per heavy atom. The fourth-order valence-electron chi connectivity index (χ4n) is 7.07. The van der Waals surface area contributed by atoms with Gasteiger partial charge in [-0.05, 0) is 85.0 Å². The third-order valence-electron chi connectivity index (χ3n) is 8.73. The molecule has 0 amide bonds. The normalized spacial score (nSPS) is 45.6. The van der Waals surface area contributed by atoms with Crippen LogP contribution in [0.2, 0.25) is 0 Å². The second-order valence-corrected chi connectivity index (χ2v) is 10.3. The van der Waals surface area contributed by atoms with Gasteiger partial charge in [-0.15, -0.1) is 0 Å². The first-order chi connectivity index (χ1) is 15.2. The van der Waals surface area contributed by atoms with Crippen LogP contribution in [-0.4, -0.2) is 68.3 Å². The van der Waals surface area contributed by atoms with Crippen molar-refractivity contribution in [2.75, 3.05) is 0 Å². The number of aromatic hydroxyl groups is 1. The van der Waals surface area contributed by atoms with E-state index in [1.807, 2.05) is 6.07 Å². The Hall–Kier alpha value is -1.71. The quantitative estimate of drug-likeness (QED) is 0.470. The van der Waals surface area contributed by atoms with Gasteiger partial charge in [0.1, 0.15) is 24.1 Å². The van der Waals surface area contributed by atoms with Gasteiger partial charge in [0.05, 0.1) is 6.10 Å². The van der Waals surface area contributed by atoms with Gasteiger partial charge >= 0.3 is 5.97 Å². The molecule has 4 aliphatic rings. The van der Waals surface area contributed by atoms with E-state index < -0.39 is 36.7 Å². The van der Waals surface area contributed by atoms with Crippen LogP contribution in [0, 0.1) is 17.3 Å². The number of aryl methyl sites for hydroxylation is 1. The van der Waals surface area contributed by atoms with Gasteiger partial charge in [0.2, 0.25) is 0 Å². The lowest BCUT2D eigenvalue weighted by Gasteiger charge is -2.51. The number of fused-ring (bicyclic) bond motifs is 5. The first-order valence-electron chi connectivity index (χ1n) is 11.6.